The van der Waals surface area contributed by atoms with Crippen molar-refractivity contribution in [2.45, 2.75) is 13.5 Å². The van der Waals surface area contributed by atoms with Gasteiger partial charge in [-0.1, -0.05) is 48.0 Å². The molecular weight excluding hydrogens is 439 g/mol. The van der Waals surface area contributed by atoms with E-state index in [2.05, 4.69) is 5.32 Å². The van der Waals surface area contributed by atoms with Crippen molar-refractivity contribution in [2.75, 3.05) is 12.0 Å². The average molecular weight is 460 g/mol. The smallest absolute Gasteiger partial charge is 0.336 e. The zero-order valence-corrected chi connectivity index (χ0v) is 18.5. The molecule has 172 valence electrons. The molecule has 4 rings (SSSR count). The number of methoxy groups -OCH3 is 1. The summed E-state index contributed by atoms with van der Waals surface area (Å²) in [7, 11) is 1.48. The van der Waals surface area contributed by atoms with Crippen molar-refractivity contribution in [3.63, 3.8) is 0 Å². The largest absolute Gasteiger partial charge is 0.493 e. The number of aryl methyl sites for hydroxylation is 1. The van der Waals surface area contributed by atoms with Gasteiger partial charge in [-0.2, -0.15) is 0 Å². The maximum Gasteiger partial charge on any atom is 0.336 e. The molecule has 0 aliphatic carbocycles. The molecule has 0 radical (unpaired) electrons. The second kappa shape index (κ2) is 9.58. The summed E-state index contributed by atoms with van der Waals surface area (Å²) in [4.78, 5) is 38.2. The van der Waals surface area contributed by atoms with Gasteiger partial charge < -0.3 is 9.47 Å². The summed E-state index contributed by atoms with van der Waals surface area (Å²) >= 11 is 0. The minimum Gasteiger partial charge on any atom is -0.493 e. The number of benzene rings is 3. The maximum absolute atomic E-state index is 14.2. The van der Waals surface area contributed by atoms with Gasteiger partial charge in [-0.05, 0) is 48.4 Å². The van der Waals surface area contributed by atoms with E-state index >= 15 is 0 Å². The molecule has 3 aromatic carbocycles. The molecule has 0 atom stereocenters. The van der Waals surface area contributed by atoms with Gasteiger partial charge in [0.2, 0.25) is 0 Å². The normalized spacial score (nSPS) is 14.9. The first-order valence-electron chi connectivity index (χ1n) is 10.4. The van der Waals surface area contributed by atoms with Gasteiger partial charge in [0.1, 0.15) is 18.0 Å². The van der Waals surface area contributed by atoms with Crippen LogP contribution in [0.3, 0.4) is 0 Å². The third-order valence-corrected chi connectivity index (χ3v) is 5.17. The van der Waals surface area contributed by atoms with Crippen LogP contribution in [0.5, 0.6) is 11.5 Å². The zero-order chi connectivity index (χ0) is 24.2. The van der Waals surface area contributed by atoms with E-state index in [0.29, 0.717) is 28.6 Å². The van der Waals surface area contributed by atoms with Crippen LogP contribution in [0.4, 0.5) is 14.9 Å². The van der Waals surface area contributed by atoms with Crippen LogP contribution in [0.15, 0.2) is 72.3 Å². The van der Waals surface area contributed by atoms with Crippen molar-refractivity contribution in [3.05, 3.63) is 94.8 Å². The number of imide groups is 2. The summed E-state index contributed by atoms with van der Waals surface area (Å²) in [5.41, 5.74) is 2.00. The lowest BCUT2D eigenvalue weighted by Crippen LogP contribution is -2.54. The molecule has 1 heterocycles. The lowest BCUT2D eigenvalue weighted by molar-refractivity contribution is -0.122. The number of amides is 4. The molecular formula is C26H21FN2O5. The molecule has 34 heavy (non-hydrogen) atoms. The van der Waals surface area contributed by atoms with Crippen molar-refractivity contribution in [2.24, 2.45) is 0 Å². The third kappa shape index (κ3) is 4.66. The number of urea groups is 1. The van der Waals surface area contributed by atoms with Crippen molar-refractivity contribution in [1.29, 1.82) is 0 Å². The molecule has 0 unspecified atom stereocenters. The fourth-order valence-corrected chi connectivity index (χ4v) is 3.53. The molecule has 0 bridgehead atoms. The van der Waals surface area contributed by atoms with Crippen molar-refractivity contribution in [3.8, 4) is 11.5 Å². The van der Waals surface area contributed by atoms with E-state index in [0.717, 1.165) is 17.2 Å². The first kappa shape index (κ1) is 22.7. The van der Waals surface area contributed by atoms with Crippen LogP contribution in [0.2, 0.25) is 0 Å². The molecule has 1 aliphatic heterocycles. The molecule has 1 aliphatic rings. The molecule has 0 aromatic heterocycles. The third-order valence-electron chi connectivity index (χ3n) is 5.17. The maximum atomic E-state index is 14.2. The molecule has 1 N–H and O–H groups in total. The summed E-state index contributed by atoms with van der Waals surface area (Å²) in [5.74, 6) is -1.70. The number of carbonyl (C=O) groups excluding carboxylic acids is 3. The molecule has 0 saturated carbocycles. The van der Waals surface area contributed by atoms with Crippen molar-refractivity contribution >= 4 is 29.6 Å². The number of nitrogens with zero attached hydrogens (tertiary/aromatic N) is 1. The Kier molecular flexibility index (Phi) is 6.40. The summed E-state index contributed by atoms with van der Waals surface area (Å²) in [6, 6.07) is 17.1. The van der Waals surface area contributed by atoms with Gasteiger partial charge >= 0.3 is 6.03 Å². The van der Waals surface area contributed by atoms with Gasteiger partial charge in [-0.25, -0.2) is 14.1 Å². The highest BCUT2D eigenvalue weighted by molar-refractivity contribution is 6.39. The van der Waals surface area contributed by atoms with Crippen LogP contribution in [0.1, 0.15) is 16.7 Å². The predicted molar refractivity (Wildman–Crippen MR) is 124 cm³/mol. The highest BCUT2D eigenvalue weighted by atomic mass is 19.1. The number of rotatable bonds is 6. The molecule has 3 aromatic rings. The van der Waals surface area contributed by atoms with Gasteiger partial charge in [-0.3, -0.25) is 14.9 Å². The van der Waals surface area contributed by atoms with Crippen LogP contribution in [0, 0.1) is 12.7 Å². The Hall–Kier alpha value is -4.46. The van der Waals surface area contributed by atoms with Gasteiger partial charge in [0.15, 0.2) is 11.5 Å². The Labute approximate surface area is 195 Å². The fourth-order valence-electron chi connectivity index (χ4n) is 3.53. The zero-order valence-electron chi connectivity index (χ0n) is 18.5. The quantitative estimate of drug-likeness (QED) is 0.436. The molecule has 1 fully saturated rings. The number of anilines is 1. The van der Waals surface area contributed by atoms with E-state index in [-0.39, 0.29) is 11.3 Å². The van der Waals surface area contributed by atoms with Crippen LogP contribution >= 0.6 is 0 Å². The van der Waals surface area contributed by atoms with E-state index in [1.165, 1.54) is 31.4 Å². The van der Waals surface area contributed by atoms with E-state index in [4.69, 9.17) is 9.47 Å². The molecule has 8 heteroatoms. The van der Waals surface area contributed by atoms with Crippen LogP contribution in [0.25, 0.3) is 6.08 Å². The van der Waals surface area contributed by atoms with Gasteiger partial charge in [0.25, 0.3) is 11.8 Å². The SMILES string of the molecule is COc1cc(/C=C2/C(=O)NC(=O)N(c3ccccc3F)C2=O)ccc1OCc1cccc(C)c1. The summed E-state index contributed by atoms with van der Waals surface area (Å²) in [6.45, 7) is 2.33. The van der Waals surface area contributed by atoms with Crippen molar-refractivity contribution < 1.29 is 28.2 Å². The number of halogens is 1. The number of carbonyl (C=O) groups is 3. The summed E-state index contributed by atoms with van der Waals surface area (Å²) in [5, 5.41) is 2.08. The lowest BCUT2D eigenvalue weighted by Gasteiger charge is -2.26. The van der Waals surface area contributed by atoms with Crippen molar-refractivity contribution in [1.82, 2.24) is 5.32 Å². The standard InChI is InChI=1S/C26H21FN2O5/c1-16-6-5-7-18(12-16)15-34-22-11-10-17(14-23(22)33-2)13-19-24(30)28-26(32)29(25(19)31)21-9-4-3-8-20(21)27/h3-14H,15H2,1-2H3,(H,28,30,32)/b19-13-. The first-order valence-corrected chi connectivity index (χ1v) is 10.4. The number of para-hydroxylation sites is 1. The Bertz CT molecular complexity index is 1320. The first-order chi connectivity index (χ1) is 16.4. The Morgan fingerprint density at radius 2 is 1.76 bits per heavy atom. The number of nitrogens with one attached hydrogen (secondary N) is 1. The van der Waals surface area contributed by atoms with Gasteiger partial charge in [0.05, 0.1) is 12.8 Å². The van der Waals surface area contributed by atoms with Crippen LogP contribution in [-0.2, 0) is 16.2 Å². The topological polar surface area (TPSA) is 84.9 Å². The van der Waals surface area contributed by atoms with E-state index in [1.54, 1.807) is 18.2 Å². The highest BCUT2D eigenvalue weighted by Crippen LogP contribution is 2.31. The monoisotopic (exact) mass is 460 g/mol. The minimum absolute atomic E-state index is 0.249. The predicted octanol–water partition coefficient (Wildman–Crippen LogP) is 4.39. The summed E-state index contributed by atoms with van der Waals surface area (Å²) < 4.78 is 25.5. The van der Waals surface area contributed by atoms with E-state index in [1.807, 2.05) is 31.2 Å². The molecule has 0 spiro atoms. The number of hydrogen-bond donors (Lipinski definition) is 1. The highest BCUT2D eigenvalue weighted by Gasteiger charge is 2.37. The Morgan fingerprint density at radius 3 is 2.50 bits per heavy atom. The second-order valence-electron chi connectivity index (χ2n) is 7.60. The fraction of sp³-hybridized carbons (Fsp3) is 0.115. The second-order valence-corrected chi connectivity index (χ2v) is 7.60. The minimum atomic E-state index is -1.02. The molecule has 1 saturated heterocycles. The van der Waals surface area contributed by atoms with E-state index in [9.17, 15) is 18.8 Å². The lowest BCUT2D eigenvalue weighted by atomic mass is 10.1. The average Bonchev–Trinajstić information content (AvgIpc) is 2.82. The van der Waals surface area contributed by atoms with E-state index < -0.39 is 23.7 Å². The van der Waals surface area contributed by atoms with Gasteiger partial charge in [-0.15, -0.1) is 0 Å². The number of hydrogen-bond acceptors (Lipinski definition) is 5. The van der Waals surface area contributed by atoms with Gasteiger partial charge in [0, 0.05) is 0 Å². The summed E-state index contributed by atoms with van der Waals surface area (Å²) in [6.07, 6.45) is 1.31. The molecule has 4 amide bonds. The number of ether oxygens (including phenoxy) is 2. The Balaban J connectivity index is 1.60. The van der Waals surface area contributed by atoms with Crippen LogP contribution in [-0.4, -0.2) is 25.0 Å². The van der Waals surface area contributed by atoms with Crippen LogP contribution < -0.4 is 19.7 Å². The Morgan fingerprint density at radius 1 is 0.971 bits per heavy atom. The molecule has 7 nitrogen and oxygen atoms in total. The number of barbiturate groups is 1.